The van der Waals surface area contributed by atoms with Gasteiger partial charge in [0.15, 0.2) is 6.19 Å². The number of hydrogen-bond acceptors (Lipinski definition) is 6. The molecule has 214 valence electrons. The summed E-state index contributed by atoms with van der Waals surface area (Å²) in [7, 11) is 0. The number of amidine groups is 1. The predicted molar refractivity (Wildman–Crippen MR) is 155 cm³/mol. The zero-order chi connectivity index (χ0) is 29.7. The molecule has 12 heteroatoms. The lowest BCUT2D eigenvalue weighted by atomic mass is 9.96. The first kappa shape index (κ1) is 29.9. The van der Waals surface area contributed by atoms with E-state index in [0.29, 0.717) is 47.5 Å². The summed E-state index contributed by atoms with van der Waals surface area (Å²) >= 11 is 13.1. The number of carboxylic acids is 1. The van der Waals surface area contributed by atoms with Crippen LogP contribution in [0.1, 0.15) is 58.5 Å². The third-order valence-electron chi connectivity index (χ3n) is 7.13. The van der Waals surface area contributed by atoms with Crippen LogP contribution in [0.15, 0.2) is 46.0 Å². The average molecular weight is 598 g/mol. The summed E-state index contributed by atoms with van der Waals surface area (Å²) in [5.74, 6) is -1.66. The molecule has 10 nitrogen and oxygen atoms in total. The van der Waals surface area contributed by atoms with Crippen molar-refractivity contribution >= 4 is 57.8 Å². The molecule has 0 fully saturated rings. The highest BCUT2D eigenvalue weighted by Crippen LogP contribution is 2.35. The quantitative estimate of drug-likeness (QED) is 0.136. The second kappa shape index (κ2) is 13.1. The van der Waals surface area contributed by atoms with Gasteiger partial charge in [0.25, 0.3) is 11.8 Å². The van der Waals surface area contributed by atoms with Crippen LogP contribution in [0, 0.1) is 17.4 Å². The van der Waals surface area contributed by atoms with Gasteiger partial charge in [-0.3, -0.25) is 19.9 Å². The lowest BCUT2D eigenvalue weighted by molar-refractivity contribution is -0.138. The number of hydrogen-bond donors (Lipinski definition) is 3. The molecule has 2 amide bonds. The van der Waals surface area contributed by atoms with Crippen molar-refractivity contribution in [3.05, 3.63) is 68.9 Å². The van der Waals surface area contributed by atoms with Crippen molar-refractivity contribution in [2.24, 2.45) is 10.9 Å². The molecule has 3 N–H and O–H groups in total. The van der Waals surface area contributed by atoms with Gasteiger partial charge in [-0.2, -0.15) is 5.26 Å². The standard InChI is InChI=1S/C29H29Cl2N5O5/c1-3-16(2)10-24(34-15-32)33-13-22(29(39)40)35-27(37)25-21(30)11-19-14-36(8-6-20(19)26(25)31)28(38)18-5-4-17-7-9-41-23(17)12-18/h4-5,7,9,11-12,16,22H,3,6,8,10,13-14H2,1-2H3,(H,33,34)(H,35,37)(H,39,40)/t16-,22-/m0/s1. The molecule has 0 unspecified atom stereocenters. The van der Waals surface area contributed by atoms with Crippen LogP contribution in [0.5, 0.6) is 0 Å². The van der Waals surface area contributed by atoms with Gasteiger partial charge in [-0.1, -0.05) is 49.5 Å². The van der Waals surface area contributed by atoms with Gasteiger partial charge in [-0.05, 0) is 47.7 Å². The summed E-state index contributed by atoms with van der Waals surface area (Å²) in [6.45, 7) is 4.30. The number of halogens is 2. The number of carbonyl (C=O) groups is 3. The molecule has 41 heavy (non-hydrogen) atoms. The third kappa shape index (κ3) is 6.81. The number of rotatable bonds is 9. The Bertz CT molecular complexity index is 1560. The monoisotopic (exact) mass is 597 g/mol. The van der Waals surface area contributed by atoms with E-state index in [-0.39, 0.29) is 40.5 Å². The Morgan fingerprint density at radius 3 is 2.73 bits per heavy atom. The molecule has 2 aromatic carbocycles. The number of carbonyl (C=O) groups excluding carboxylic acids is 2. The van der Waals surface area contributed by atoms with Gasteiger partial charge in [-0.15, -0.1) is 0 Å². The topological polar surface area (TPSA) is 148 Å². The number of fused-ring (bicyclic) bond motifs is 2. The molecule has 0 aliphatic carbocycles. The van der Waals surface area contributed by atoms with E-state index in [1.54, 1.807) is 35.6 Å². The van der Waals surface area contributed by atoms with Crippen LogP contribution in [0.4, 0.5) is 0 Å². The molecule has 0 saturated heterocycles. The van der Waals surface area contributed by atoms with Crippen LogP contribution in [-0.4, -0.2) is 52.8 Å². The normalized spacial score (nSPS) is 14.6. The number of carboxylic acid groups (broad SMARTS) is 1. The highest BCUT2D eigenvalue weighted by molar-refractivity contribution is 6.40. The van der Waals surface area contributed by atoms with Crippen molar-refractivity contribution in [3.8, 4) is 6.19 Å². The number of amides is 2. The molecule has 1 aliphatic rings. The van der Waals surface area contributed by atoms with E-state index in [4.69, 9.17) is 32.9 Å². The van der Waals surface area contributed by atoms with E-state index in [1.165, 1.54) is 0 Å². The van der Waals surface area contributed by atoms with E-state index in [2.05, 4.69) is 15.6 Å². The van der Waals surface area contributed by atoms with Crippen molar-refractivity contribution in [1.29, 1.82) is 5.26 Å². The van der Waals surface area contributed by atoms with Crippen molar-refractivity contribution in [3.63, 3.8) is 0 Å². The first-order valence-electron chi connectivity index (χ1n) is 13.1. The lowest BCUT2D eigenvalue weighted by Gasteiger charge is -2.30. The van der Waals surface area contributed by atoms with Crippen LogP contribution >= 0.6 is 23.2 Å². The zero-order valence-electron chi connectivity index (χ0n) is 22.5. The van der Waals surface area contributed by atoms with E-state index >= 15 is 0 Å². The van der Waals surface area contributed by atoms with E-state index < -0.39 is 17.9 Å². The molecular formula is C29H29Cl2N5O5. The lowest BCUT2D eigenvalue weighted by Crippen LogP contribution is -2.44. The highest BCUT2D eigenvalue weighted by atomic mass is 35.5. The Morgan fingerprint density at radius 2 is 2.02 bits per heavy atom. The van der Waals surface area contributed by atoms with Gasteiger partial charge < -0.3 is 19.7 Å². The first-order chi connectivity index (χ1) is 19.6. The first-order valence-corrected chi connectivity index (χ1v) is 13.9. The summed E-state index contributed by atoms with van der Waals surface area (Å²) in [6, 6.07) is 7.30. The summed E-state index contributed by atoms with van der Waals surface area (Å²) in [6.07, 6.45) is 5.07. The van der Waals surface area contributed by atoms with Crippen LogP contribution in [0.25, 0.3) is 11.0 Å². The van der Waals surface area contributed by atoms with Crippen LogP contribution in [0.3, 0.4) is 0 Å². The Kier molecular flexibility index (Phi) is 9.53. The summed E-state index contributed by atoms with van der Waals surface area (Å²) in [5.41, 5.74) is 2.44. The number of furan rings is 1. The largest absolute Gasteiger partial charge is 0.480 e. The molecule has 0 radical (unpaired) electrons. The van der Waals surface area contributed by atoms with Crippen LogP contribution < -0.4 is 10.6 Å². The van der Waals surface area contributed by atoms with Gasteiger partial charge in [0.1, 0.15) is 17.5 Å². The van der Waals surface area contributed by atoms with Crippen molar-refractivity contribution in [2.45, 2.75) is 45.7 Å². The maximum Gasteiger partial charge on any atom is 0.328 e. The van der Waals surface area contributed by atoms with Gasteiger partial charge in [0.05, 0.1) is 28.4 Å². The Balaban J connectivity index is 1.50. The molecule has 2 heterocycles. The molecule has 2 atom stereocenters. The smallest absolute Gasteiger partial charge is 0.328 e. The fourth-order valence-corrected chi connectivity index (χ4v) is 5.38. The molecule has 0 bridgehead atoms. The van der Waals surface area contributed by atoms with E-state index in [0.717, 1.165) is 11.8 Å². The molecule has 0 spiro atoms. The number of nitriles is 1. The summed E-state index contributed by atoms with van der Waals surface area (Å²) < 4.78 is 5.42. The minimum absolute atomic E-state index is 0.0359. The number of nitrogens with one attached hydrogen (secondary N) is 2. The van der Waals surface area contributed by atoms with Gasteiger partial charge in [0, 0.05) is 30.5 Å². The molecular weight excluding hydrogens is 569 g/mol. The Labute approximate surface area is 246 Å². The minimum Gasteiger partial charge on any atom is -0.480 e. The number of nitrogens with zero attached hydrogens (tertiary/aromatic N) is 3. The van der Waals surface area contributed by atoms with Crippen molar-refractivity contribution < 1.29 is 23.9 Å². The predicted octanol–water partition coefficient (Wildman–Crippen LogP) is 5.03. The fourth-order valence-electron chi connectivity index (χ4n) is 4.62. The maximum atomic E-state index is 13.2. The number of benzene rings is 2. The molecule has 1 aromatic heterocycles. The maximum absolute atomic E-state index is 13.2. The highest BCUT2D eigenvalue weighted by Gasteiger charge is 2.29. The van der Waals surface area contributed by atoms with Crippen molar-refractivity contribution in [1.82, 2.24) is 15.5 Å². The zero-order valence-corrected chi connectivity index (χ0v) is 24.1. The molecule has 1 aliphatic heterocycles. The van der Waals surface area contributed by atoms with Crippen molar-refractivity contribution in [2.75, 3.05) is 13.1 Å². The van der Waals surface area contributed by atoms with Gasteiger partial charge in [-0.25, -0.2) is 4.79 Å². The second-order valence-electron chi connectivity index (χ2n) is 9.94. The number of aliphatic carboxylic acids is 1. The average Bonchev–Trinajstić information content (AvgIpc) is 3.42. The molecule has 0 saturated carbocycles. The Morgan fingerprint density at radius 1 is 1.24 bits per heavy atom. The SMILES string of the molecule is CC[C@H](C)CC(=NC[C@H](NC(=O)c1c(Cl)cc2c(c1Cl)CCN(C(=O)c1ccc3ccoc3c1)C2)C(=O)O)NC#N. The van der Waals surface area contributed by atoms with Gasteiger partial charge in [0.2, 0.25) is 0 Å². The van der Waals surface area contributed by atoms with E-state index in [1.807, 2.05) is 26.0 Å². The number of aliphatic imine (C=N–C) groups is 1. The van der Waals surface area contributed by atoms with Gasteiger partial charge >= 0.3 is 5.97 Å². The minimum atomic E-state index is -1.38. The fraction of sp³-hybridized carbons (Fsp3) is 0.345. The van der Waals surface area contributed by atoms with Crippen LogP contribution in [-0.2, 0) is 17.8 Å². The summed E-state index contributed by atoms with van der Waals surface area (Å²) in [4.78, 5) is 44.2. The van der Waals surface area contributed by atoms with Crippen LogP contribution in [0.2, 0.25) is 10.0 Å². The van der Waals surface area contributed by atoms with E-state index in [9.17, 15) is 19.5 Å². The third-order valence-corrected chi connectivity index (χ3v) is 7.84. The second-order valence-corrected chi connectivity index (χ2v) is 10.7. The molecule has 3 aromatic rings. The molecule has 4 rings (SSSR count). The summed E-state index contributed by atoms with van der Waals surface area (Å²) in [5, 5.41) is 24.7. The Hall–Kier alpha value is -4.07.